The summed E-state index contributed by atoms with van der Waals surface area (Å²) in [5, 5.41) is 6.09. The topological polar surface area (TPSA) is 79.3 Å². The van der Waals surface area contributed by atoms with Crippen LogP contribution in [0.4, 0.5) is 5.69 Å². The van der Waals surface area contributed by atoms with Crippen LogP contribution in [-0.4, -0.2) is 42.0 Å². The number of Topliss-reactive ketones (excluding diaryl/α,β-unsaturated/α-hetero) is 1. The van der Waals surface area contributed by atoms with Crippen LogP contribution in [-0.2, 0) is 9.59 Å². The fourth-order valence-electron chi connectivity index (χ4n) is 4.28. The van der Waals surface area contributed by atoms with Crippen molar-refractivity contribution < 1.29 is 19.1 Å². The van der Waals surface area contributed by atoms with Gasteiger partial charge >= 0.3 is 0 Å². The van der Waals surface area contributed by atoms with Crippen LogP contribution in [0, 0.1) is 0 Å². The average molecular weight is 518 g/mol. The predicted molar refractivity (Wildman–Crippen MR) is 131 cm³/mol. The number of hydrazone groups is 1. The van der Waals surface area contributed by atoms with Gasteiger partial charge in [-0.2, -0.15) is 5.10 Å². The number of ether oxygens (including phenoxy) is 1. The summed E-state index contributed by atoms with van der Waals surface area (Å²) >= 11 is 3.49. The molecular weight excluding hydrogens is 498 g/mol. The highest BCUT2D eigenvalue weighted by Gasteiger charge is 2.40. The summed E-state index contributed by atoms with van der Waals surface area (Å²) in [6.07, 6.45) is 0.512. The lowest BCUT2D eigenvalue weighted by atomic mass is 9.98. The molecule has 34 heavy (non-hydrogen) atoms. The van der Waals surface area contributed by atoms with Crippen LogP contribution in [0.3, 0.4) is 0 Å². The lowest BCUT2D eigenvalue weighted by Crippen LogP contribution is -2.40. The Morgan fingerprint density at radius 1 is 1.06 bits per heavy atom. The van der Waals surface area contributed by atoms with E-state index in [2.05, 4.69) is 21.0 Å². The Balaban J connectivity index is 1.48. The SMILES string of the molecule is COc1ccc(C2CC(c3cccc(Br)c3)=NN2C(=O)CN2C(=O)C(=O)c3ccccc32)cc1. The summed E-state index contributed by atoms with van der Waals surface area (Å²) in [5.41, 5.74) is 3.32. The second-order valence-electron chi connectivity index (χ2n) is 8.03. The fraction of sp³-hybridized carbons (Fsp3) is 0.154. The summed E-state index contributed by atoms with van der Waals surface area (Å²) in [6, 6.07) is 21.6. The summed E-state index contributed by atoms with van der Waals surface area (Å²) in [7, 11) is 1.60. The number of carbonyl (C=O) groups is 3. The molecule has 170 valence electrons. The number of nitrogens with zero attached hydrogens (tertiary/aromatic N) is 3. The Kier molecular flexibility index (Phi) is 5.75. The first-order valence-corrected chi connectivity index (χ1v) is 11.5. The van der Waals surface area contributed by atoms with E-state index in [-0.39, 0.29) is 18.5 Å². The van der Waals surface area contributed by atoms with E-state index >= 15 is 0 Å². The maximum atomic E-state index is 13.5. The number of benzene rings is 3. The van der Waals surface area contributed by atoms with Gasteiger partial charge in [-0.1, -0.05) is 52.3 Å². The molecule has 2 heterocycles. The Labute approximate surface area is 204 Å². The summed E-state index contributed by atoms with van der Waals surface area (Å²) in [4.78, 5) is 39.7. The van der Waals surface area contributed by atoms with E-state index in [1.165, 1.54) is 9.91 Å². The number of anilines is 1. The normalized spacial score (nSPS) is 17.1. The summed E-state index contributed by atoms with van der Waals surface area (Å²) in [5.74, 6) is -0.963. The van der Waals surface area contributed by atoms with Gasteiger partial charge in [-0.25, -0.2) is 5.01 Å². The van der Waals surface area contributed by atoms with E-state index in [9.17, 15) is 14.4 Å². The van der Waals surface area contributed by atoms with Crippen LogP contribution in [0.2, 0.25) is 0 Å². The third-order valence-corrected chi connectivity index (χ3v) is 6.49. The molecule has 5 rings (SSSR count). The maximum absolute atomic E-state index is 13.5. The molecule has 1 atom stereocenters. The maximum Gasteiger partial charge on any atom is 0.299 e. The van der Waals surface area contributed by atoms with Crippen molar-refractivity contribution in [2.75, 3.05) is 18.6 Å². The number of methoxy groups -OCH3 is 1. The zero-order valence-corrected chi connectivity index (χ0v) is 19.9. The van der Waals surface area contributed by atoms with Gasteiger partial charge in [0.15, 0.2) is 0 Å². The molecule has 2 amide bonds. The Bertz CT molecular complexity index is 1340. The monoisotopic (exact) mass is 517 g/mol. The largest absolute Gasteiger partial charge is 0.497 e. The fourth-order valence-corrected chi connectivity index (χ4v) is 4.68. The number of hydrogen-bond acceptors (Lipinski definition) is 5. The Morgan fingerprint density at radius 2 is 1.82 bits per heavy atom. The molecule has 0 spiro atoms. The molecule has 2 aliphatic heterocycles. The first-order chi connectivity index (χ1) is 16.5. The van der Waals surface area contributed by atoms with Crippen LogP contribution in [0.1, 0.15) is 33.9 Å². The molecule has 0 aliphatic carbocycles. The van der Waals surface area contributed by atoms with Crippen LogP contribution < -0.4 is 9.64 Å². The smallest absolute Gasteiger partial charge is 0.299 e. The molecule has 3 aromatic carbocycles. The first kappa shape index (κ1) is 22.0. The molecule has 0 saturated heterocycles. The summed E-state index contributed by atoms with van der Waals surface area (Å²) in [6.45, 7) is -0.274. The summed E-state index contributed by atoms with van der Waals surface area (Å²) < 4.78 is 6.18. The van der Waals surface area contributed by atoms with Crippen LogP contribution in [0.5, 0.6) is 5.75 Å². The van der Waals surface area contributed by atoms with Crippen LogP contribution >= 0.6 is 15.9 Å². The number of ketones is 1. The van der Waals surface area contributed by atoms with Gasteiger partial charge in [0.2, 0.25) is 0 Å². The van der Waals surface area contributed by atoms with Gasteiger partial charge in [0, 0.05) is 10.9 Å². The molecule has 0 fully saturated rings. The molecule has 1 unspecified atom stereocenters. The van der Waals surface area contributed by atoms with Gasteiger partial charge < -0.3 is 4.74 Å². The third-order valence-electron chi connectivity index (χ3n) is 6.00. The van der Waals surface area contributed by atoms with Crippen LogP contribution in [0.25, 0.3) is 0 Å². The Morgan fingerprint density at radius 3 is 2.56 bits per heavy atom. The highest BCUT2D eigenvalue weighted by Crippen LogP contribution is 2.35. The quantitative estimate of drug-likeness (QED) is 0.471. The second-order valence-corrected chi connectivity index (χ2v) is 8.94. The number of para-hydroxylation sites is 1. The minimum atomic E-state index is -0.703. The number of hydrogen-bond donors (Lipinski definition) is 0. The lowest BCUT2D eigenvalue weighted by molar-refractivity contribution is -0.132. The van der Waals surface area contributed by atoms with E-state index in [0.717, 1.165) is 21.3 Å². The van der Waals surface area contributed by atoms with Crippen molar-refractivity contribution in [1.29, 1.82) is 0 Å². The predicted octanol–water partition coefficient (Wildman–Crippen LogP) is 4.36. The van der Waals surface area contributed by atoms with E-state index in [0.29, 0.717) is 23.4 Å². The van der Waals surface area contributed by atoms with Crippen molar-refractivity contribution in [1.82, 2.24) is 5.01 Å². The van der Waals surface area contributed by atoms with Gasteiger partial charge in [-0.3, -0.25) is 19.3 Å². The number of rotatable bonds is 5. The zero-order chi connectivity index (χ0) is 23.8. The number of amides is 2. The van der Waals surface area contributed by atoms with Crippen molar-refractivity contribution in [3.8, 4) is 5.75 Å². The van der Waals surface area contributed by atoms with Crippen molar-refractivity contribution in [3.63, 3.8) is 0 Å². The van der Waals surface area contributed by atoms with Crippen LogP contribution in [0.15, 0.2) is 82.4 Å². The first-order valence-electron chi connectivity index (χ1n) is 10.7. The standard InChI is InChI=1S/C26H20BrN3O4/c1-34-19-11-9-16(10-12-19)23-14-21(17-5-4-6-18(27)13-17)28-30(23)24(31)15-29-22-8-3-2-7-20(22)25(32)26(29)33/h2-13,23H,14-15H2,1H3. The van der Waals surface area contributed by atoms with E-state index in [1.807, 2.05) is 48.5 Å². The van der Waals surface area contributed by atoms with Crippen molar-refractivity contribution >= 4 is 44.9 Å². The molecule has 7 nitrogen and oxygen atoms in total. The van der Waals surface area contributed by atoms with E-state index in [1.54, 1.807) is 31.4 Å². The minimum absolute atomic E-state index is 0.274. The lowest BCUT2D eigenvalue weighted by Gasteiger charge is -2.25. The van der Waals surface area contributed by atoms with Gasteiger partial charge in [0.25, 0.3) is 17.6 Å². The Hall–Kier alpha value is -3.78. The van der Waals surface area contributed by atoms with Gasteiger partial charge in [0.05, 0.1) is 30.1 Å². The molecule has 0 N–H and O–H groups in total. The zero-order valence-electron chi connectivity index (χ0n) is 18.3. The molecular formula is C26H20BrN3O4. The van der Waals surface area contributed by atoms with E-state index < -0.39 is 11.7 Å². The molecule has 8 heteroatoms. The number of carbonyl (C=O) groups excluding carboxylic acids is 3. The highest BCUT2D eigenvalue weighted by atomic mass is 79.9. The van der Waals surface area contributed by atoms with Crippen molar-refractivity contribution in [2.24, 2.45) is 5.10 Å². The molecule has 0 radical (unpaired) electrons. The highest BCUT2D eigenvalue weighted by molar-refractivity contribution is 9.10. The van der Waals surface area contributed by atoms with Crippen molar-refractivity contribution in [2.45, 2.75) is 12.5 Å². The molecule has 2 aliphatic rings. The molecule has 0 bridgehead atoms. The van der Waals surface area contributed by atoms with Gasteiger partial charge in [-0.05, 0) is 47.5 Å². The molecule has 0 saturated carbocycles. The van der Waals surface area contributed by atoms with Gasteiger partial charge in [0.1, 0.15) is 12.3 Å². The van der Waals surface area contributed by atoms with E-state index in [4.69, 9.17) is 4.74 Å². The van der Waals surface area contributed by atoms with Crippen molar-refractivity contribution in [3.05, 3.63) is 94.0 Å². The molecule has 0 aromatic heterocycles. The molecule has 3 aromatic rings. The number of fused-ring (bicyclic) bond motifs is 1. The third kappa shape index (κ3) is 3.90. The minimum Gasteiger partial charge on any atom is -0.497 e. The number of halogens is 1. The van der Waals surface area contributed by atoms with Gasteiger partial charge in [-0.15, -0.1) is 0 Å². The average Bonchev–Trinajstić information content (AvgIpc) is 3.41. The second kappa shape index (κ2) is 8.87.